The highest BCUT2D eigenvalue weighted by Crippen LogP contribution is 2.21. The molecule has 0 fully saturated rings. The van der Waals surface area contributed by atoms with E-state index in [4.69, 9.17) is 0 Å². The predicted molar refractivity (Wildman–Crippen MR) is 89.2 cm³/mol. The summed E-state index contributed by atoms with van der Waals surface area (Å²) < 4.78 is 1.92. The number of nitrogens with one attached hydrogen (secondary N) is 1. The van der Waals surface area contributed by atoms with Crippen molar-refractivity contribution in [3.63, 3.8) is 0 Å². The summed E-state index contributed by atoms with van der Waals surface area (Å²) in [4.78, 5) is 12.5. The first-order valence-electron chi connectivity index (χ1n) is 7.73. The van der Waals surface area contributed by atoms with E-state index in [-0.39, 0.29) is 17.9 Å². The number of hydrogen-bond donors (Lipinski definition) is 1. The lowest BCUT2D eigenvalue weighted by molar-refractivity contribution is 0.0923. The van der Waals surface area contributed by atoms with Crippen LogP contribution in [0.4, 0.5) is 0 Å². The number of carbonyl (C=O) groups excluding carboxylic acids is 1. The molecule has 5 heteroatoms. The Kier molecular flexibility index (Phi) is 4.10. The van der Waals surface area contributed by atoms with Crippen molar-refractivity contribution < 1.29 is 4.79 Å². The molecule has 1 atom stereocenters. The Morgan fingerprint density at radius 2 is 1.83 bits per heavy atom. The van der Waals surface area contributed by atoms with Gasteiger partial charge in [0.2, 0.25) is 0 Å². The second-order valence-corrected chi connectivity index (χ2v) is 6.05. The lowest BCUT2D eigenvalue weighted by Crippen LogP contribution is -2.33. The molecule has 1 N–H and O–H groups in total. The van der Waals surface area contributed by atoms with E-state index in [1.165, 1.54) is 0 Å². The van der Waals surface area contributed by atoms with Crippen LogP contribution in [0.2, 0.25) is 0 Å². The van der Waals surface area contributed by atoms with Crippen molar-refractivity contribution in [2.75, 3.05) is 0 Å². The topological polar surface area (TPSA) is 59.3 Å². The van der Waals surface area contributed by atoms with Crippen molar-refractivity contribution in [3.05, 3.63) is 65.6 Å². The Hall–Kier alpha value is -2.69. The van der Waals surface area contributed by atoms with E-state index in [2.05, 4.69) is 29.4 Å². The van der Waals surface area contributed by atoms with Crippen LogP contribution >= 0.6 is 0 Å². The Morgan fingerprint density at radius 1 is 1.09 bits per heavy atom. The Morgan fingerprint density at radius 3 is 2.52 bits per heavy atom. The zero-order valence-corrected chi connectivity index (χ0v) is 13.5. The van der Waals surface area contributed by atoms with Gasteiger partial charge < -0.3 is 5.32 Å². The molecule has 1 aromatic carbocycles. The minimum atomic E-state index is -0.207. The van der Waals surface area contributed by atoms with Crippen molar-refractivity contribution in [3.8, 4) is 0 Å². The number of carbonyl (C=O) groups is 1. The van der Waals surface area contributed by atoms with Crippen LogP contribution < -0.4 is 5.32 Å². The zero-order chi connectivity index (χ0) is 16.4. The molecule has 23 heavy (non-hydrogen) atoms. The van der Waals surface area contributed by atoms with Crippen molar-refractivity contribution in [1.29, 1.82) is 0 Å². The molecule has 0 aliphatic carbocycles. The highest BCUT2D eigenvalue weighted by molar-refractivity contribution is 5.94. The minimum Gasteiger partial charge on any atom is -0.342 e. The molecular formula is C18H20N4O. The van der Waals surface area contributed by atoms with Crippen molar-refractivity contribution in [2.24, 2.45) is 5.92 Å². The third-order valence-corrected chi connectivity index (χ3v) is 3.89. The van der Waals surface area contributed by atoms with E-state index in [0.29, 0.717) is 5.56 Å². The Labute approximate surface area is 135 Å². The van der Waals surface area contributed by atoms with Gasteiger partial charge in [0.25, 0.3) is 5.91 Å². The standard InChI is InChI=1S/C18H20N4O/c1-12(2)16(17-21-20-15-6-4-5-11-22(15)17)19-18(23)14-9-7-13(3)8-10-14/h4-12,16H,1-3H3,(H,19,23)/t16-/m1/s1. The Bertz CT molecular complexity index is 820. The second-order valence-electron chi connectivity index (χ2n) is 6.05. The van der Waals surface area contributed by atoms with Gasteiger partial charge in [-0.05, 0) is 37.1 Å². The molecule has 2 heterocycles. The van der Waals surface area contributed by atoms with E-state index in [0.717, 1.165) is 17.0 Å². The van der Waals surface area contributed by atoms with Crippen molar-refractivity contribution in [1.82, 2.24) is 19.9 Å². The molecule has 0 aliphatic rings. The largest absolute Gasteiger partial charge is 0.342 e. The highest BCUT2D eigenvalue weighted by Gasteiger charge is 2.24. The van der Waals surface area contributed by atoms with Gasteiger partial charge in [0.1, 0.15) is 0 Å². The highest BCUT2D eigenvalue weighted by atomic mass is 16.1. The molecule has 0 spiro atoms. The van der Waals surface area contributed by atoms with Crippen LogP contribution in [-0.2, 0) is 0 Å². The van der Waals surface area contributed by atoms with Gasteiger partial charge in [0.15, 0.2) is 11.5 Å². The number of benzene rings is 1. The van der Waals surface area contributed by atoms with Gasteiger partial charge in [-0.25, -0.2) is 0 Å². The molecule has 0 bridgehead atoms. The van der Waals surface area contributed by atoms with Crippen LogP contribution in [0.25, 0.3) is 5.65 Å². The first-order valence-corrected chi connectivity index (χ1v) is 7.73. The smallest absolute Gasteiger partial charge is 0.251 e. The lowest BCUT2D eigenvalue weighted by Gasteiger charge is -2.21. The molecule has 0 unspecified atom stereocenters. The summed E-state index contributed by atoms with van der Waals surface area (Å²) in [5.41, 5.74) is 2.55. The summed E-state index contributed by atoms with van der Waals surface area (Å²) >= 11 is 0. The number of hydrogen-bond acceptors (Lipinski definition) is 3. The zero-order valence-electron chi connectivity index (χ0n) is 13.5. The number of pyridine rings is 1. The molecule has 5 nitrogen and oxygen atoms in total. The summed E-state index contributed by atoms with van der Waals surface area (Å²) in [5.74, 6) is 0.837. The second kappa shape index (κ2) is 6.20. The van der Waals surface area contributed by atoms with Gasteiger partial charge in [-0.15, -0.1) is 10.2 Å². The van der Waals surface area contributed by atoms with Gasteiger partial charge in [-0.2, -0.15) is 0 Å². The van der Waals surface area contributed by atoms with E-state index in [9.17, 15) is 4.79 Å². The SMILES string of the molecule is Cc1ccc(C(=O)N[C@@H](c2nnc3ccccn23)C(C)C)cc1. The average molecular weight is 308 g/mol. The molecule has 0 radical (unpaired) electrons. The number of fused-ring (bicyclic) bond motifs is 1. The Balaban J connectivity index is 1.90. The van der Waals surface area contributed by atoms with Crippen molar-refractivity contribution >= 4 is 11.6 Å². The summed E-state index contributed by atoms with van der Waals surface area (Å²) in [6.45, 7) is 6.12. The van der Waals surface area contributed by atoms with Crippen LogP contribution in [0.3, 0.4) is 0 Å². The van der Waals surface area contributed by atoms with Crippen LogP contribution in [0.5, 0.6) is 0 Å². The van der Waals surface area contributed by atoms with Crippen LogP contribution in [-0.4, -0.2) is 20.5 Å². The summed E-state index contributed by atoms with van der Waals surface area (Å²) in [6, 6.07) is 13.1. The quantitative estimate of drug-likeness (QED) is 0.805. The van der Waals surface area contributed by atoms with E-state index >= 15 is 0 Å². The number of nitrogens with zero attached hydrogens (tertiary/aromatic N) is 3. The van der Waals surface area contributed by atoms with Gasteiger partial charge in [-0.1, -0.05) is 37.6 Å². The molecule has 0 saturated carbocycles. The molecule has 118 valence electrons. The fourth-order valence-electron chi connectivity index (χ4n) is 2.53. The van der Waals surface area contributed by atoms with Gasteiger partial charge in [0.05, 0.1) is 6.04 Å². The van der Waals surface area contributed by atoms with Gasteiger partial charge >= 0.3 is 0 Å². The maximum absolute atomic E-state index is 12.5. The van der Waals surface area contributed by atoms with Crippen molar-refractivity contribution in [2.45, 2.75) is 26.8 Å². The van der Waals surface area contributed by atoms with E-state index in [1.807, 2.05) is 60.0 Å². The number of aryl methyl sites for hydroxylation is 1. The number of amides is 1. The van der Waals surface area contributed by atoms with E-state index in [1.54, 1.807) is 0 Å². The molecule has 0 aliphatic heterocycles. The number of rotatable bonds is 4. The summed E-state index contributed by atoms with van der Waals surface area (Å²) in [6.07, 6.45) is 1.91. The first-order chi connectivity index (χ1) is 11.1. The third kappa shape index (κ3) is 3.08. The molecule has 2 aromatic heterocycles. The fourth-order valence-corrected chi connectivity index (χ4v) is 2.53. The fraction of sp³-hybridized carbons (Fsp3) is 0.278. The molecule has 1 amide bonds. The summed E-state index contributed by atoms with van der Waals surface area (Å²) in [5, 5.41) is 11.5. The lowest BCUT2D eigenvalue weighted by atomic mass is 10.0. The molecule has 0 saturated heterocycles. The molecule has 3 aromatic rings. The number of aromatic nitrogens is 3. The molecular weight excluding hydrogens is 288 g/mol. The van der Waals surface area contributed by atoms with Crippen LogP contribution in [0, 0.1) is 12.8 Å². The minimum absolute atomic E-state index is 0.101. The van der Waals surface area contributed by atoms with Gasteiger partial charge in [-0.3, -0.25) is 9.20 Å². The average Bonchev–Trinajstić information content (AvgIpc) is 2.96. The first kappa shape index (κ1) is 15.2. The maximum atomic E-state index is 12.5. The third-order valence-electron chi connectivity index (χ3n) is 3.89. The van der Waals surface area contributed by atoms with Crippen LogP contribution in [0.1, 0.15) is 41.6 Å². The molecule has 3 rings (SSSR count). The normalized spacial score (nSPS) is 12.5. The van der Waals surface area contributed by atoms with Gasteiger partial charge in [0, 0.05) is 11.8 Å². The van der Waals surface area contributed by atoms with Crippen LogP contribution in [0.15, 0.2) is 48.7 Å². The predicted octanol–water partition coefficient (Wildman–Crippen LogP) is 3.16. The maximum Gasteiger partial charge on any atom is 0.251 e. The monoisotopic (exact) mass is 308 g/mol. The summed E-state index contributed by atoms with van der Waals surface area (Å²) in [7, 11) is 0. The van der Waals surface area contributed by atoms with E-state index < -0.39 is 0 Å².